The van der Waals surface area contributed by atoms with Crippen molar-refractivity contribution in [2.24, 2.45) is 0 Å². The van der Waals surface area contributed by atoms with Crippen molar-refractivity contribution in [1.29, 1.82) is 0 Å². The summed E-state index contributed by atoms with van der Waals surface area (Å²) in [5, 5.41) is 0. The fraction of sp³-hybridized carbons (Fsp3) is 0.467. The van der Waals surface area contributed by atoms with E-state index in [2.05, 4.69) is 47.8 Å². The minimum Gasteiger partial charge on any atom is -0.332 e. The van der Waals surface area contributed by atoms with Crippen LogP contribution in [0.4, 0.5) is 5.69 Å². The van der Waals surface area contributed by atoms with E-state index in [1.165, 1.54) is 4.90 Å². The second kappa shape index (κ2) is 6.00. The Bertz CT molecular complexity index is 684. The Morgan fingerprint density at radius 2 is 2.09 bits per heavy atom. The Balaban J connectivity index is 1.76. The first-order valence-corrected chi connectivity index (χ1v) is 9.84. The van der Waals surface area contributed by atoms with Gasteiger partial charge in [0.05, 0.1) is 0 Å². The molecular weight excluding hydrogens is 515 g/mol. The number of carbonyl (C=O) groups excluding carboxylic acids is 2. The third kappa shape index (κ3) is 2.98. The Morgan fingerprint density at radius 3 is 2.65 bits per heavy atom. The molecule has 0 radical (unpaired) electrons. The summed E-state index contributed by atoms with van der Waals surface area (Å²) in [5.74, 6) is -0.308. The summed E-state index contributed by atoms with van der Waals surface area (Å²) in [6, 6.07) is 7.10. The van der Waals surface area contributed by atoms with Gasteiger partial charge in [-0.05, 0) is 24.6 Å². The number of likely N-dealkylation sites (N-methyl/N-ethyl adjacent to an activating group) is 1. The van der Waals surface area contributed by atoms with Gasteiger partial charge >= 0.3 is 0 Å². The molecule has 1 aliphatic carbocycles. The predicted molar refractivity (Wildman–Crippen MR) is 101 cm³/mol. The molecule has 4 nitrogen and oxygen atoms in total. The number of amides is 2. The van der Waals surface area contributed by atoms with Gasteiger partial charge in [0.15, 0.2) is 4.87 Å². The molecule has 124 valence electrons. The number of carbonyl (C=O) groups is 2. The number of anilines is 1. The van der Waals surface area contributed by atoms with Crippen molar-refractivity contribution in [3.8, 4) is 0 Å². The average Bonchev–Trinajstić information content (AvgIpc) is 2.81. The summed E-state index contributed by atoms with van der Waals surface area (Å²) < 4.78 is 0.336. The van der Waals surface area contributed by atoms with Crippen LogP contribution >= 0.6 is 59.4 Å². The highest BCUT2D eigenvalue weighted by atomic mass is 79.9. The Morgan fingerprint density at radius 1 is 1.43 bits per heavy atom. The molecule has 2 aliphatic rings. The second-order valence-electron chi connectivity index (χ2n) is 5.87. The minimum absolute atomic E-state index is 0.0744. The molecule has 3 rings (SSSR count). The smallest absolute Gasteiger partial charge is 0.249 e. The molecule has 1 aliphatic heterocycles. The number of nitrogens with zero attached hydrogens (tertiary/aromatic N) is 2. The van der Waals surface area contributed by atoms with Crippen molar-refractivity contribution >= 4 is 76.9 Å². The zero-order chi connectivity index (χ0) is 17.0. The van der Waals surface area contributed by atoms with Crippen LogP contribution in [0.5, 0.6) is 0 Å². The average molecular weight is 529 g/mol. The van der Waals surface area contributed by atoms with Crippen LogP contribution in [0.2, 0.25) is 0 Å². The SMILES string of the molecule is CN(C(=O)C1(Cl)CC1(Br)Br)C1CCN(c2cccc(Br)c2)C1=O. The van der Waals surface area contributed by atoms with Crippen LogP contribution in [-0.4, -0.2) is 44.5 Å². The summed E-state index contributed by atoms with van der Waals surface area (Å²) in [7, 11) is 1.65. The molecule has 23 heavy (non-hydrogen) atoms. The first-order chi connectivity index (χ1) is 10.7. The van der Waals surface area contributed by atoms with Crippen LogP contribution < -0.4 is 4.90 Å². The van der Waals surface area contributed by atoms with E-state index in [1.807, 2.05) is 24.3 Å². The monoisotopic (exact) mass is 526 g/mol. The second-order valence-corrected chi connectivity index (χ2v) is 11.2. The van der Waals surface area contributed by atoms with Crippen LogP contribution in [0.1, 0.15) is 12.8 Å². The molecule has 1 saturated heterocycles. The molecule has 0 N–H and O–H groups in total. The van der Waals surface area contributed by atoms with Crippen LogP contribution in [0.15, 0.2) is 28.7 Å². The van der Waals surface area contributed by atoms with Gasteiger partial charge in [-0.15, -0.1) is 11.6 Å². The van der Waals surface area contributed by atoms with E-state index in [4.69, 9.17) is 11.6 Å². The van der Waals surface area contributed by atoms with Gasteiger partial charge in [-0.25, -0.2) is 0 Å². The van der Waals surface area contributed by atoms with Gasteiger partial charge in [-0.2, -0.15) is 0 Å². The zero-order valence-electron chi connectivity index (χ0n) is 12.2. The van der Waals surface area contributed by atoms with Crippen molar-refractivity contribution in [1.82, 2.24) is 4.90 Å². The first-order valence-electron chi connectivity index (χ1n) is 7.08. The maximum Gasteiger partial charge on any atom is 0.249 e. The first kappa shape index (κ1) is 17.7. The highest BCUT2D eigenvalue weighted by molar-refractivity contribution is 9.25. The number of halogens is 4. The zero-order valence-corrected chi connectivity index (χ0v) is 17.7. The molecule has 1 heterocycles. The van der Waals surface area contributed by atoms with Gasteiger partial charge < -0.3 is 9.80 Å². The number of benzene rings is 1. The fourth-order valence-electron chi connectivity index (χ4n) is 2.84. The standard InChI is InChI=1S/C15H14Br3ClN2O2/c1-20(13(23)14(19)8-15(14,17)18)11-5-6-21(12(11)22)10-4-2-3-9(16)7-10/h2-4,7,11H,5-6,8H2,1H3. The summed E-state index contributed by atoms with van der Waals surface area (Å²) >= 11 is 16.6. The lowest BCUT2D eigenvalue weighted by molar-refractivity contribution is -0.137. The summed E-state index contributed by atoms with van der Waals surface area (Å²) in [4.78, 5) is 27.5. The molecule has 0 spiro atoms. The molecule has 8 heteroatoms. The van der Waals surface area contributed by atoms with Crippen LogP contribution in [0, 0.1) is 0 Å². The van der Waals surface area contributed by atoms with Crippen molar-refractivity contribution in [2.75, 3.05) is 18.5 Å². The molecule has 1 aromatic rings. The van der Waals surface area contributed by atoms with Gasteiger partial charge in [0, 0.05) is 30.2 Å². The van der Waals surface area contributed by atoms with Crippen molar-refractivity contribution < 1.29 is 9.59 Å². The highest BCUT2D eigenvalue weighted by Crippen LogP contribution is 2.64. The third-order valence-electron chi connectivity index (χ3n) is 4.34. The molecule has 2 fully saturated rings. The Hall–Kier alpha value is -0.110. The van der Waals surface area contributed by atoms with Crippen molar-refractivity contribution in [2.45, 2.75) is 27.0 Å². The molecular formula is C15H14Br3ClN2O2. The van der Waals surface area contributed by atoms with Gasteiger partial charge in [-0.3, -0.25) is 9.59 Å². The summed E-state index contributed by atoms with van der Waals surface area (Å²) in [6.07, 6.45) is 1.08. The van der Waals surface area contributed by atoms with Gasteiger partial charge in [0.1, 0.15) is 9.28 Å². The molecule has 2 unspecified atom stereocenters. The molecule has 2 atom stereocenters. The Kier molecular flexibility index (Phi) is 4.62. The quantitative estimate of drug-likeness (QED) is 0.558. The van der Waals surface area contributed by atoms with Crippen molar-refractivity contribution in [3.05, 3.63) is 28.7 Å². The largest absolute Gasteiger partial charge is 0.332 e. The minimum atomic E-state index is -1.02. The highest BCUT2D eigenvalue weighted by Gasteiger charge is 2.70. The lowest BCUT2D eigenvalue weighted by Crippen LogP contribution is -2.47. The molecule has 0 aromatic heterocycles. The van der Waals surface area contributed by atoms with E-state index in [-0.39, 0.29) is 11.8 Å². The molecule has 1 aromatic carbocycles. The predicted octanol–water partition coefficient (Wildman–Crippen LogP) is 3.88. The van der Waals surface area contributed by atoms with E-state index in [0.717, 1.165) is 10.2 Å². The van der Waals surface area contributed by atoms with Gasteiger partial charge in [0.25, 0.3) is 0 Å². The van der Waals surface area contributed by atoms with E-state index in [1.54, 1.807) is 11.9 Å². The van der Waals surface area contributed by atoms with Crippen LogP contribution in [-0.2, 0) is 9.59 Å². The van der Waals surface area contributed by atoms with Gasteiger partial charge in [0.2, 0.25) is 11.8 Å². The maximum absolute atomic E-state index is 12.7. The van der Waals surface area contributed by atoms with Crippen LogP contribution in [0.3, 0.4) is 0 Å². The third-order valence-corrected chi connectivity index (χ3v) is 7.83. The number of hydrogen-bond donors (Lipinski definition) is 0. The molecule has 1 saturated carbocycles. The normalized spacial score (nSPS) is 28.8. The number of rotatable bonds is 3. The van der Waals surface area contributed by atoms with E-state index in [9.17, 15) is 9.59 Å². The Labute approximate surface area is 164 Å². The summed E-state index contributed by atoms with van der Waals surface area (Å²) in [5.41, 5.74) is 0.829. The lowest BCUT2D eigenvalue weighted by Gasteiger charge is -2.26. The van der Waals surface area contributed by atoms with E-state index in [0.29, 0.717) is 19.4 Å². The van der Waals surface area contributed by atoms with Gasteiger partial charge in [-0.1, -0.05) is 53.9 Å². The lowest BCUT2D eigenvalue weighted by atomic mass is 10.2. The molecule has 2 amide bonds. The fourth-order valence-corrected chi connectivity index (χ4v) is 5.06. The topological polar surface area (TPSA) is 40.6 Å². The number of alkyl halides is 3. The van der Waals surface area contributed by atoms with E-state index < -0.39 is 14.1 Å². The maximum atomic E-state index is 12.7. The number of hydrogen-bond acceptors (Lipinski definition) is 2. The van der Waals surface area contributed by atoms with Crippen molar-refractivity contribution in [3.63, 3.8) is 0 Å². The van der Waals surface area contributed by atoms with Crippen LogP contribution in [0.25, 0.3) is 0 Å². The summed E-state index contributed by atoms with van der Waals surface area (Å²) in [6.45, 7) is 0.584. The molecule has 0 bridgehead atoms. The van der Waals surface area contributed by atoms with E-state index >= 15 is 0 Å².